The summed E-state index contributed by atoms with van der Waals surface area (Å²) in [6, 6.07) is 4.28. The van der Waals surface area contributed by atoms with Crippen molar-refractivity contribution in [1.29, 1.82) is 0 Å². The van der Waals surface area contributed by atoms with Crippen molar-refractivity contribution in [3.8, 4) is 0 Å². The van der Waals surface area contributed by atoms with E-state index in [-0.39, 0.29) is 11.6 Å². The Kier molecular flexibility index (Phi) is 4.56. The van der Waals surface area contributed by atoms with Gasteiger partial charge in [0.05, 0.1) is 12.6 Å². The Bertz CT molecular complexity index is 317. The third-order valence-electron chi connectivity index (χ3n) is 2.57. The molecule has 1 N–H and O–H groups in total. The molecule has 1 aromatic rings. The fraction of sp³-hybridized carbons (Fsp3) is 0.692. The van der Waals surface area contributed by atoms with E-state index < -0.39 is 0 Å². The molecule has 0 spiro atoms. The first kappa shape index (κ1) is 13.3. The predicted octanol–water partition coefficient (Wildman–Crippen LogP) is 2.92. The molecule has 0 saturated heterocycles. The van der Waals surface area contributed by atoms with Gasteiger partial charge in [-0.3, -0.25) is 0 Å². The van der Waals surface area contributed by atoms with E-state index in [1.807, 2.05) is 12.1 Å². The minimum atomic E-state index is -0.0483. The molecule has 0 aliphatic carbocycles. The van der Waals surface area contributed by atoms with E-state index in [4.69, 9.17) is 9.15 Å². The zero-order valence-electron chi connectivity index (χ0n) is 11.0. The molecule has 0 saturated carbocycles. The Balaban J connectivity index is 2.60. The second kappa shape index (κ2) is 5.51. The number of hydrogen-bond acceptors (Lipinski definition) is 3. The molecule has 92 valence electrons. The summed E-state index contributed by atoms with van der Waals surface area (Å²) in [5, 5.41) is 3.49. The zero-order valence-corrected chi connectivity index (χ0v) is 11.0. The standard InChI is InChI=1S/C13H23NO2/c1-6-11-7-8-12(16-11)10(2)14-13(3,4)9-15-5/h7-8,10,14H,6,9H2,1-5H3. The zero-order chi connectivity index (χ0) is 12.2. The van der Waals surface area contributed by atoms with E-state index in [1.54, 1.807) is 7.11 Å². The van der Waals surface area contributed by atoms with Crippen LogP contribution in [0, 0.1) is 0 Å². The Morgan fingerprint density at radius 1 is 1.44 bits per heavy atom. The van der Waals surface area contributed by atoms with Crippen LogP contribution in [0.25, 0.3) is 0 Å². The second-order valence-corrected chi connectivity index (χ2v) is 4.84. The minimum Gasteiger partial charge on any atom is -0.464 e. The van der Waals surface area contributed by atoms with Crippen LogP contribution in [0.4, 0.5) is 0 Å². The van der Waals surface area contributed by atoms with Crippen molar-refractivity contribution in [3.63, 3.8) is 0 Å². The molecule has 0 radical (unpaired) electrons. The summed E-state index contributed by atoms with van der Waals surface area (Å²) in [6.07, 6.45) is 0.939. The molecule has 0 aromatic carbocycles. The molecule has 0 bridgehead atoms. The van der Waals surface area contributed by atoms with Crippen LogP contribution in [-0.4, -0.2) is 19.3 Å². The van der Waals surface area contributed by atoms with Crippen LogP contribution < -0.4 is 5.32 Å². The van der Waals surface area contributed by atoms with E-state index in [0.717, 1.165) is 17.9 Å². The highest BCUT2D eigenvalue weighted by molar-refractivity contribution is 5.10. The van der Waals surface area contributed by atoms with Crippen LogP contribution in [0.1, 0.15) is 45.3 Å². The molecule has 1 rings (SSSR count). The van der Waals surface area contributed by atoms with E-state index in [1.165, 1.54) is 0 Å². The van der Waals surface area contributed by atoms with Gasteiger partial charge in [0.15, 0.2) is 0 Å². The van der Waals surface area contributed by atoms with Gasteiger partial charge in [-0.1, -0.05) is 6.92 Å². The number of furan rings is 1. The lowest BCUT2D eigenvalue weighted by molar-refractivity contribution is 0.119. The number of nitrogens with one attached hydrogen (secondary N) is 1. The average molecular weight is 225 g/mol. The lowest BCUT2D eigenvalue weighted by Crippen LogP contribution is -2.44. The van der Waals surface area contributed by atoms with E-state index in [2.05, 4.69) is 33.0 Å². The SMILES string of the molecule is CCc1ccc(C(C)NC(C)(C)COC)o1. The van der Waals surface area contributed by atoms with Crippen LogP contribution >= 0.6 is 0 Å². The Labute approximate surface area is 98.2 Å². The van der Waals surface area contributed by atoms with Crippen molar-refractivity contribution >= 4 is 0 Å². The number of ether oxygens (including phenoxy) is 1. The maximum Gasteiger partial charge on any atom is 0.120 e. The lowest BCUT2D eigenvalue weighted by atomic mass is 10.1. The third-order valence-corrected chi connectivity index (χ3v) is 2.57. The Hall–Kier alpha value is -0.800. The van der Waals surface area contributed by atoms with Gasteiger partial charge in [-0.25, -0.2) is 0 Å². The highest BCUT2D eigenvalue weighted by atomic mass is 16.5. The molecule has 16 heavy (non-hydrogen) atoms. The van der Waals surface area contributed by atoms with Gasteiger partial charge in [-0.2, -0.15) is 0 Å². The Morgan fingerprint density at radius 3 is 2.62 bits per heavy atom. The first-order valence-electron chi connectivity index (χ1n) is 5.83. The molecule has 0 fully saturated rings. The maximum absolute atomic E-state index is 5.72. The van der Waals surface area contributed by atoms with Crippen molar-refractivity contribution < 1.29 is 9.15 Å². The van der Waals surface area contributed by atoms with Crippen molar-refractivity contribution in [2.75, 3.05) is 13.7 Å². The van der Waals surface area contributed by atoms with Gasteiger partial charge in [0.2, 0.25) is 0 Å². The predicted molar refractivity (Wildman–Crippen MR) is 65.6 cm³/mol. The maximum atomic E-state index is 5.72. The van der Waals surface area contributed by atoms with E-state index >= 15 is 0 Å². The molecule has 1 unspecified atom stereocenters. The normalized spacial score (nSPS) is 14.1. The summed E-state index contributed by atoms with van der Waals surface area (Å²) >= 11 is 0. The first-order chi connectivity index (χ1) is 7.48. The number of hydrogen-bond donors (Lipinski definition) is 1. The first-order valence-corrected chi connectivity index (χ1v) is 5.83. The molecule has 0 amide bonds. The lowest BCUT2D eigenvalue weighted by Gasteiger charge is -2.28. The highest BCUT2D eigenvalue weighted by Gasteiger charge is 2.22. The third kappa shape index (κ3) is 3.65. The summed E-state index contributed by atoms with van der Waals surface area (Å²) in [7, 11) is 1.72. The van der Waals surface area contributed by atoms with Gasteiger partial charge in [0.25, 0.3) is 0 Å². The monoisotopic (exact) mass is 225 g/mol. The van der Waals surface area contributed by atoms with Gasteiger partial charge >= 0.3 is 0 Å². The fourth-order valence-corrected chi connectivity index (χ4v) is 1.88. The molecule has 1 heterocycles. The van der Waals surface area contributed by atoms with Gasteiger partial charge in [0.1, 0.15) is 11.5 Å². The minimum absolute atomic E-state index is 0.0483. The summed E-state index contributed by atoms with van der Waals surface area (Å²) in [5.74, 6) is 2.02. The summed E-state index contributed by atoms with van der Waals surface area (Å²) in [6.45, 7) is 9.12. The van der Waals surface area contributed by atoms with Gasteiger partial charge in [0, 0.05) is 19.1 Å². The molecule has 1 aromatic heterocycles. The Morgan fingerprint density at radius 2 is 2.12 bits per heavy atom. The molecular weight excluding hydrogens is 202 g/mol. The van der Waals surface area contributed by atoms with Crippen LogP contribution in [-0.2, 0) is 11.2 Å². The van der Waals surface area contributed by atoms with E-state index in [0.29, 0.717) is 6.61 Å². The average Bonchev–Trinajstić information content (AvgIpc) is 2.64. The number of aryl methyl sites for hydroxylation is 1. The van der Waals surface area contributed by atoms with Crippen LogP contribution in [0.2, 0.25) is 0 Å². The summed E-state index contributed by atoms with van der Waals surface area (Å²) in [5.41, 5.74) is -0.0483. The topological polar surface area (TPSA) is 34.4 Å². The van der Waals surface area contributed by atoms with Gasteiger partial charge in [-0.05, 0) is 32.9 Å². The highest BCUT2D eigenvalue weighted by Crippen LogP contribution is 2.19. The van der Waals surface area contributed by atoms with Crippen LogP contribution in [0.15, 0.2) is 16.5 Å². The second-order valence-electron chi connectivity index (χ2n) is 4.84. The van der Waals surface area contributed by atoms with Crippen molar-refractivity contribution in [1.82, 2.24) is 5.32 Å². The largest absolute Gasteiger partial charge is 0.464 e. The number of methoxy groups -OCH3 is 1. The summed E-state index contributed by atoms with van der Waals surface area (Å²) in [4.78, 5) is 0. The van der Waals surface area contributed by atoms with Crippen LogP contribution in [0.3, 0.4) is 0 Å². The van der Waals surface area contributed by atoms with Crippen molar-refractivity contribution in [2.24, 2.45) is 0 Å². The molecular formula is C13H23NO2. The molecule has 3 nitrogen and oxygen atoms in total. The molecule has 0 aliphatic rings. The van der Waals surface area contributed by atoms with Gasteiger partial charge in [-0.15, -0.1) is 0 Å². The molecule has 3 heteroatoms. The quantitative estimate of drug-likeness (QED) is 0.808. The van der Waals surface area contributed by atoms with Gasteiger partial charge < -0.3 is 14.5 Å². The fourth-order valence-electron chi connectivity index (χ4n) is 1.88. The molecule has 1 atom stereocenters. The molecule has 0 aliphatic heterocycles. The smallest absolute Gasteiger partial charge is 0.120 e. The number of rotatable bonds is 6. The van der Waals surface area contributed by atoms with Crippen molar-refractivity contribution in [2.45, 2.75) is 45.7 Å². The van der Waals surface area contributed by atoms with Crippen LogP contribution in [0.5, 0.6) is 0 Å². The van der Waals surface area contributed by atoms with Crippen molar-refractivity contribution in [3.05, 3.63) is 23.7 Å². The summed E-state index contributed by atoms with van der Waals surface area (Å²) < 4.78 is 10.9. The van der Waals surface area contributed by atoms with E-state index in [9.17, 15) is 0 Å².